The van der Waals surface area contributed by atoms with E-state index in [1.807, 2.05) is 55.5 Å². The number of carbonyl (C=O) groups excluding carboxylic acids is 1. The summed E-state index contributed by atoms with van der Waals surface area (Å²) in [5.41, 5.74) is 2.84. The molecule has 0 aliphatic carbocycles. The molecule has 0 atom stereocenters. The van der Waals surface area contributed by atoms with Crippen LogP contribution in [-0.4, -0.2) is 12.3 Å². The van der Waals surface area contributed by atoms with Crippen LogP contribution in [0.15, 0.2) is 53.0 Å². The van der Waals surface area contributed by atoms with Gasteiger partial charge in [0.1, 0.15) is 0 Å². The van der Waals surface area contributed by atoms with Crippen LogP contribution in [0, 0.1) is 6.92 Å². The molecule has 18 heavy (non-hydrogen) atoms. The van der Waals surface area contributed by atoms with Gasteiger partial charge in [0.05, 0.1) is 6.54 Å². The summed E-state index contributed by atoms with van der Waals surface area (Å²) in [5.74, 6) is 0.0953. The van der Waals surface area contributed by atoms with Crippen LogP contribution in [0.25, 0.3) is 0 Å². The quantitative estimate of drug-likeness (QED) is 0.863. The van der Waals surface area contributed by atoms with Gasteiger partial charge in [0.15, 0.2) is 5.78 Å². The van der Waals surface area contributed by atoms with Crippen molar-refractivity contribution in [2.24, 2.45) is 0 Å². The first-order valence-electron chi connectivity index (χ1n) is 5.75. The summed E-state index contributed by atoms with van der Waals surface area (Å²) in [7, 11) is 0. The lowest BCUT2D eigenvalue weighted by Gasteiger charge is -2.09. The largest absolute Gasteiger partial charge is 0.377 e. The zero-order valence-corrected chi connectivity index (χ0v) is 11.7. The van der Waals surface area contributed by atoms with Gasteiger partial charge in [0.25, 0.3) is 0 Å². The number of rotatable bonds is 4. The lowest BCUT2D eigenvalue weighted by molar-refractivity contribution is 0.101. The molecule has 0 saturated heterocycles. The molecule has 92 valence electrons. The minimum Gasteiger partial charge on any atom is -0.377 e. The lowest BCUT2D eigenvalue weighted by Crippen LogP contribution is -2.14. The first-order chi connectivity index (χ1) is 8.66. The Labute approximate surface area is 115 Å². The van der Waals surface area contributed by atoms with Crippen molar-refractivity contribution < 1.29 is 4.79 Å². The second-order valence-corrected chi connectivity index (χ2v) is 5.02. The van der Waals surface area contributed by atoms with Gasteiger partial charge < -0.3 is 5.32 Å². The molecule has 0 radical (unpaired) electrons. The van der Waals surface area contributed by atoms with E-state index in [1.54, 1.807) is 0 Å². The molecule has 0 aliphatic heterocycles. The third kappa shape index (κ3) is 3.20. The van der Waals surface area contributed by atoms with Crippen LogP contribution in [0.1, 0.15) is 15.9 Å². The molecule has 0 spiro atoms. The number of nitrogens with one attached hydrogen (secondary N) is 1. The van der Waals surface area contributed by atoms with Crippen LogP contribution < -0.4 is 5.32 Å². The average Bonchev–Trinajstić information content (AvgIpc) is 2.38. The van der Waals surface area contributed by atoms with Gasteiger partial charge in [-0.05, 0) is 30.7 Å². The van der Waals surface area contributed by atoms with Crippen molar-refractivity contribution in [3.8, 4) is 0 Å². The van der Waals surface area contributed by atoms with Crippen molar-refractivity contribution in [2.45, 2.75) is 6.92 Å². The Hall–Kier alpha value is -1.61. The molecule has 2 aromatic carbocycles. The minimum absolute atomic E-state index is 0.0953. The van der Waals surface area contributed by atoms with E-state index < -0.39 is 0 Å². The zero-order chi connectivity index (χ0) is 13.0. The van der Waals surface area contributed by atoms with Gasteiger partial charge in [-0.25, -0.2) is 0 Å². The van der Waals surface area contributed by atoms with Crippen molar-refractivity contribution >= 4 is 27.4 Å². The maximum Gasteiger partial charge on any atom is 0.181 e. The maximum absolute atomic E-state index is 11.9. The van der Waals surface area contributed by atoms with E-state index >= 15 is 0 Å². The predicted octanol–water partition coefficient (Wildman–Crippen LogP) is 4.05. The highest BCUT2D eigenvalue weighted by atomic mass is 79.9. The smallest absolute Gasteiger partial charge is 0.181 e. The molecule has 2 nitrogen and oxygen atoms in total. The zero-order valence-electron chi connectivity index (χ0n) is 10.1. The van der Waals surface area contributed by atoms with E-state index in [2.05, 4.69) is 21.2 Å². The standard InChI is InChI=1S/C15H14BrNO/c1-11-9-13(16)7-8-14(11)17-10-15(18)12-5-3-2-4-6-12/h2-9,17H,10H2,1H3. The number of halogens is 1. The fourth-order valence-corrected chi connectivity index (χ4v) is 2.20. The van der Waals surface area contributed by atoms with Crippen LogP contribution in [0.4, 0.5) is 5.69 Å². The molecule has 2 aromatic rings. The minimum atomic E-state index is 0.0953. The Morgan fingerprint density at radius 3 is 2.56 bits per heavy atom. The second-order valence-electron chi connectivity index (χ2n) is 4.10. The average molecular weight is 304 g/mol. The highest BCUT2D eigenvalue weighted by Crippen LogP contribution is 2.19. The van der Waals surface area contributed by atoms with Gasteiger partial charge in [-0.1, -0.05) is 46.3 Å². The number of carbonyl (C=O) groups is 1. The topological polar surface area (TPSA) is 29.1 Å². The lowest BCUT2D eigenvalue weighted by atomic mass is 10.1. The van der Waals surface area contributed by atoms with Crippen molar-refractivity contribution in [1.29, 1.82) is 0 Å². The Morgan fingerprint density at radius 1 is 1.17 bits per heavy atom. The van der Waals surface area contributed by atoms with E-state index in [1.165, 1.54) is 0 Å². The van der Waals surface area contributed by atoms with Crippen molar-refractivity contribution in [3.63, 3.8) is 0 Å². The van der Waals surface area contributed by atoms with Crippen LogP contribution in [-0.2, 0) is 0 Å². The third-order valence-electron chi connectivity index (χ3n) is 2.72. The maximum atomic E-state index is 11.9. The van der Waals surface area contributed by atoms with Crippen molar-refractivity contribution in [3.05, 3.63) is 64.1 Å². The molecular formula is C15H14BrNO. The van der Waals surface area contributed by atoms with E-state index in [0.717, 1.165) is 21.3 Å². The summed E-state index contributed by atoms with van der Waals surface area (Å²) in [5, 5.41) is 3.17. The molecule has 1 N–H and O–H groups in total. The van der Waals surface area contributed by atoms with Crippen LogP contribution >= 0.6 is 15.9 Å². The Morgan fingerprint density at radius 2 is 1.89 bits per heavy atom. The summed E-state index contributed by atoms with van der Waals surface area (Å²) in [6, 6.07) is 15.3. The van der Waals surface area contributed by atoms with Gasteiger partial charge in [0, 0.05) is 15.7 Å². The van der Waals surface area contributed by atoms with Gasteiger partial charge >= 0.3 is 0 Å². The number of hydrogen-bond donors (Lipinski definition) is 1. The summed E-state index contributed by atoms with van der Waals surface area (Å²) >= 11 is 3.42. The fourth-order valence-electron chi connectivity index (χ4n) is 1.73. The molecule has 0 heterocycles. The molecule has 0 aliphatic rings. The second kappa shape index (κ2) is 5.83. The molecular weight excluding hydrogens is 290 g/mol. The van der Waals surface area contributed by atoms with E-state index in [4.69, 9.17) is 0 Å². The van der Waals surface area contributed by atoms with E-state index in [9.17, 15) is 4.79 Å². The number of ketones is 1. The van der Waals surface area contributed by atoms with Gasteiger partial charge in [-0.3, -0.25) is 4.79 Å². The molecule has 0 aromatic heterocycles. The predicted molar refractivity (Wildman–Crippen MR) is 78.1 cm³/mol. The van der Waals surface area contributed by atoms with Gasteiger partial charge in [0.2, 0.25) is 0 Å². The SMILES string of the molecule is Cc1cc(Br)ccc1NCC(=O)c1ccccc1. The third-order valence-corrected chi connectivity index (χ3v) is 3.22. The highest BCUT2D eigenvalue weighted by molar-refractivity contribution is 9.10. The number of Topliss-reactive ketones (excluding diaryl/α,β-unsaturated/α-hetero) is 1. The summed E-state index contributed by atoms with van der Waals surface area (Å²) in [4.78, 5) is 11.9. The highest BCUT2D eigenvalue weighted by Gasteiger charge is 2.05. The first kappa shape index (κ1) is 12.8. The summed E-state index contributed by atoms with van der Waals surface area (Å²) in [6.07, 6.45) is 0. The Kier molecular flexibility index (Phi) is 4.15. The molecule has 3 heteroatoms. The van der Waals surface area contributed by atoms with Crippen molar-refractivity contribution in [2.75, 3.05) is 11.9 Å². The van der Waals surface area contributed by atoms with E-state index in [0.29, 0.717) is 6.54 Å². The Bertz CT molecular complexity index is 552. The van der Waals surface area contributed by atoms with E-state index in [-0.39, 0.29) is 5.78 Å². The molecule has 0 bridgehead atoms. The number of hydrogen-bond acceptors (Lipinski definition) is 2. The number of aryl methyl sites for hydroxylation is 1. The molecule has 2 rings (SSSR count). The van der Waals surface area contributed by atoms with Gasteiger partial charge in [-0.15, -0.1) is 0 Å². The van der Waals surface area contributed by atoms with Gasteiger partial charge in [-0.2, -0.15) is 0 Å². The fraction of sp³-hybridized carbons (Fsp3) is 0.133. The molecule has 0 amide bonds. The molecule has 0 saturated carbocycles. The van der Waals surface area contributed by atoms with Crippen molar-refractivity contribution in [1.82, 2.24) is 0 Å². The summed E-state index contributed by atoms with van der Waals surface area (Å²) < 4.78 is 1.04. The Balaban J connectivity index is 2.02. The van der Waals surface area contributed by atoms with Crippen LogP contribution in [0.3, 0.4) is 0 Å². The molecule has 0 unspecified atom stereocenters. The number of benzene rings is 2. The van der Waals surface area contributed by atoms with Crippen LogP contribution in [0.5, 0.6) is 0 Å². The number of anilines is 1. The molecule has 0 fully saturated rings. The van der Waals surface area contributed by atoms with Crippen LogP contribution in [0.2, 0.25) is 0 Å². The monoisotopic (exact) mass is 303 g/mol. The summed E-state index contributed by atoms with van der Waals surface area (Å²) in [6.45, 7) is 2.33. The normalized spacial score (nSPS) is 10.1. The first-order valence-corrected chi connectivity index (χ1v) is 6.54.